The van der Waals surface area contributed by atoms with Gasteiger partial charge < -0.3 is 0 Å². The molecule has 1 heterocycles. The van der Waals surface area contributed by atoms with Crippen molar-refractivity contribution in [1.82, 2.24) is 10.4 Å². The third-order valence-electron chi connectivity index (χ3n) is 4.21. The van der Waals surface area contributed by atoms with E-state index < -0.39 is 0 Å². The van der Waals surface area contributed by atoms with E-state index in [4.69, 9.17) is 11.6 Å². The van der Waals surface area contributed by atoms with E-state index in [1.807, 2.05) is 48.5 Å². The Balaban J connectivity index is 1.78. The van der Waals surface area contributed by atoms with Gasteiger partial charge in [0.15, 0.2) is 0 Å². The minimum Gasteiger partial charge on any atom is -0.267 e. The van der Waals surface area contributed by atoms with E-state index in [2.05, 4.69) is 15.5 Å². The van der Waals surface area contributed by atoms with Crippen LogP contribution in [0, 0.1) is 0 Å². The van der Waals surface area contributed by atoms with Gasteiger partial charge in [0.2, 0.25) is 0 Å². The Bertz CT molecular complexity index is 1080. The molecule has 4 aromatic rings. The highest BCUT2D eigenvalue weighted by molar-refractivity contribution is 6.42. The number of pyridine rings is 1. The first kappa shape index (κ1) is 16.2. The minimum atomic E-state index is -0.286. The van der Waals surface area contributed by atoms with Gasteiger partial charge in [-0.1, -0.05) is 60.1 Å². The summed E-state index contributed by atoms with van der Waals surface area (Å²) in [5.41, 5.74) is 3.98. The minimum absolute atomic E-state index is 0.286. The highest BCUT2D eigenvalue weighted by Crippen LogP contribution is 2.35. The number of aromatic nitrogens is 1. The van der Waals surface area contributed by atoms with Crippen LogP contribution in [-0.2, 0) is 0 Å². The fourth-order valence-electron chi connectivity index (χ4n) is 2.97. The number of carbonyl (C=O) groups is 1. The van der Waals surface area contributed by atoms with Gasteiger partial charge in [-0.15, -0.1) is 0 Å². The van der Waals surface area contributed by atoms with Crippen molar-refractivity contribution in [3.8, 4) is 0 Å². The van der Waals surface area contributed by atoms with Crippen molar-refractivity contribution in [3.05, 3.63) is 89.2 Å². The normalized spacial score (nSPS) is 11.3. The number of halogens is 1. The van der Waals surface area contributed by atoms with Crippen molar-refractivity contribution in [2.24, 2.45) is 5.10 Å². The Morgan fingerprint density at radius 1 is 0.885 bits per heavy atom. The number of benzene rings is 3. The van der Waals surface area contributed by atoms with E-state index >= 15 is 0 Å². The summed E-state index contributed by atoms with van der Waals surface area (Å²) in [6, 6.07) is 19.1. The Labute approximate surface area is 155 Å². The van der Waals surface area contributed by atoms with Crippen LogP contribution in [0.25, 0.3) is 21.5 Å². The first-order valence-electron chi connectivity index (χ1n) is 8.08. The molecule has 5 heteroatoms. The average molecular weight is 360 g/mol. The molecular formula is C21H14ClN3O. The second-order valence-corrected chi connectivity index (χ2v) is 6.13. The van der Waals surface area contributed by atoms with Gasteiger partial charge in [0.25, 0.3) is 5.91 Å². The molecule has 1 aromatic heterocycles. The molecule has 0 saturated carbocycles. The van der Waals surface area contributed by atoms with Crippen LogP contribution in [0.4, 0.5) is 0 Å². The van der Waals surface area contributed by atoms with Crippen LogP contribution in [0.15, 0.2) is 78.2 Å². The lowest BCUT2D eigenvalue weighted by Gasteiger charge is -2.10. The van der Waals surface area contributed by atoms with Crippen LogP contribution in [0.5, 0.6) is 0 Å². The van der Waals surface area contributed by atoms with Crippen molar-refractivity contribution in [1.29, 1.82) is 0 Å². The van der Waals surface area contributed by atoms with Crippen LogP contribution in [-0.4, -0.2) is 17.1 Å². The van der Waals surface area contributed by atoms with Gasteiger partial charge in [0.1, 0.15) is 0 Å². The van der Waals surface area contributed by atoms with Gasteiger partial charge >= 0.3 is 0 Å². The summed E-state index contributed by atoms with van der Waals surface area (Å²) in [5, 5.41) is 8.75. The molecule has 0 fully saturated rings. The quantitative estimate of drug-likeness (QED) is 0.324. The third kappa shape index (κ3) is 2.91. The van der Waals surface area contributed by atoms with E-state index in [-0.39, 0.29) is 5.91 Å². The number of hydrogen-bond donors (Lipinski definition) is 1. The van der Waals surface area contributed by atoms with E-state index in [9.17, 15) is 4.79 Å². The molecule has 126 valence electrons. The lowest BCUT2D eigenvalue weighted by molar-refractivity contribution is 0.0955. The van der Waals surface area contributed by atoms with Gasteiger partial charge in [-0.05, 0) is 22.9 Å². The fourth-order valence-corrected chi connectivity index (χ4v) is 3.30. The first-order chi connectivity index (χ1) is 12.8. The molecule has 0 saturated heterocycles. The zero-order chi connectivity index (χ0) is 17.9. The number of hydrazone groups is 1. The molecular weight excluding hydrogens is 346 g/mol. The van der Waals surface area contributed by atoms with Crippen LogP contribution in [0.2, 0.25) is 5.02 Å². The standard InChI is InChI=1S/C21H14ClN3O/c22-20-17-7-3-1-5-15(17)19(16-6-2-4-8-18(16)20)13-24-25-21(26)14-9-11-23-12-10-14/h1-13H,(H,25,26). The molecule has 1 N–H and O–H groups in total. The zero-order valence-corrected chi connectivity index (χ0v) is 14.4. The Hall–Kier alpha value is -3.24. The molecule has 0 bridgehead atoms. The second kappa shape index (κ2) is 6.94. The Morgan fingerprint density at radius 2 is 1.42 bits per heavy atom. The maximum atomic E-state index is 12.1. The molecule has 0 aliphatic carbocycles. The molecule has 1 amide bonds. The Kier molecular flexibility index (Phi) is 4.33. The summed E-state index contributed by atoms with van der Waals surface area (Å²) in [4.78, 5) is 16.0. The van der Waals surface area contributed by atoms with Gasteiger partial charge in [-0.25, -0.2) is 5.43 Å². The number of amides is 1. The number of fused-ring (bicyclic) bond motifs is 2. The first-order valence-corrected chi connectivity index (χ1v) is 8.46. The molecule has 0 spiro atoms. The number of nitrogens with zero attached hydrogens (tertiary/aromatic N) is 2. The molecule has 0 aliphatic heterocycles. The molecule has 0 unspecified atom stereocenters. The number of rotatable bonds is 3. The van der Waals surface area contributed by atoms with Crippen molar-refractivity contribution in [3.63, 3.8) is 0 Å². The monoisotopic (exact) mass is 359 g/mol. The maximum Gasteiger partial charge on any atom is 0.271 e. The average Bonchev–Trinajstić information content (AvgIpc) is 2.71. The van der Waals surface area contributed by atoms with Crippen LogP contribution >= 0.6 is 11.6 Å². The lowest BCUT2D eigenvalue weighted by atomic mass is 9.97. The number of carbonyl (C=O) groups excluding carboxylic acids is 1. The largest absolute Gasteiger partial charge is 0.271 e. The van der Waals surface area contributed by atoms with Crippen molar-refractivity contribution >= 4 is 45.3 Å². The third-order valence-corrected chi connectivity index (χ3v) is 4.62. The van der Waals surface area contributed by atoms with Gasteiger partial charge in [-0.2, -0.15) is 5.10 Å². The predicted octanol–water partition coefficient (Wildman–Crippen LogP) is 4.81. The van der Waals surface area contributed by atoms with E-state index in [0.717, 1.165) is 27.1 Å². The fraction of sp³-hybridized carbons (Fsp3) is 0. The summed E-state index contributed by atoms with van der Waals surface area (Å²) in [6.45, 7) is 0. The number of nitrogens with one attached hydrogen (secondary N) is 1. The molecule has 4 rings (SSSR count). The predicted molar refractivity (Wildman–Crippen MR) is 106 cm³/mol. The van der Waals surface area contributed by atoms with E-state index in [1.54, 1.807) is 30.7 Å². The maximum absolute atomic E-state index is 12.1. The highest BCUT2D eigenvalue weighted by Gasteiger charge is 2.11. The molecule has 0 atom stereocenters. The van der Waals surface area contributed by atoms with E-state index in [0.29, 0.717) is 10.6 Å². The highest BCUT2D eigenvalue weighted by atomic mass is 35.5. The topological polar surface area (TPSA) is 54.4 Å². The summed E-state index contributed by atoms with van der Waals surface area (Å²) in [7, 11) is 0. The van der Waals surface area contributed by atoms with Gasteiger partial charge in [0, 0.05) is 34.3 Å². The molecule has 3 aromatic carbocycles. The van der Waals surface area contributed by atoms with Crippen molar-refractivity contribution < 1.29 is 4.79 Å². The lowest BCUT2D eigenvalue weighted by Crippen LogP contribution is -2.17. The molecule has 26 heavy (non-hydrogen) atoms. The van der Waals surface area contributed by atoms with Crippen molar-refractivity contribution in [2.75, 3.05) is 0 Å². The summed E-state index contributed by atoms with van der Waals surface area (Å²) >= 11 is 6.59. The summed E-state index contributed by atoms with van der Waals surface area (Å²) in [5.74, 6) is -0.286. The Morgan fingerprint density at radius 3 is 2.00 bits per heavy atom. The molecule has 0 radical (unpaired) electrons. The van der Waals surface area contributed by atoms with Crippen LogP contribution in [0.3, 0.4) is 0 Å². The van der Waals surface area contributed by atoms with Gasteiger partial charge in [0.05, 0.1) is 11.2 Å². The van der Waals surface area contributed by atoms with Crippen LogP contribution < -0.4 is 5.43 Å². The second-order valence-electron chi connectivity index (χ2n) is 5.75. The van der Waals surface area contributed by atoms with Crippen LogP contribution in [0.1, 0.15) is 15.9 Å². The number of hydrogen-bond acceptors (Lipinski definition) is 3. The zero-order valence-electron chi connectivity index (χ0n) is 13.7. The molecule has 0 aliphatic rings. The molecule has 4 nitrogen and oxygen atoms in total. The summed E-state index contributed by atoms with van der Waals surface area (Å²) in [6.07, 6.45) is 4.80. The summed E-state index contributed by atoms with van der Waals surface area (Å²) < 4.78 is 0. The van der Waals surface area contributed by atoms with Gasteiger partial charge in [-0.3, -0.25) is 9.78 Å². The van der Waals surface area contributed by atoms with E-state index in [1.165, 1.54) is 0 Å². The SMILES string of the molecule is O=C(NN=Cc1c2ccccc2c(Cl)c2ccccc12)c1ccncc1. The smallest absolute Gasteiger partial charge is 0.267 e. The van der Waals surface area contributed by atoms with Crippen molar-refractivity contribution in [2.45, 2.75) is 0 Å².